The van der Waals surface area contributed by atoms with Crippen molar-refractivity contribution in [2.24, 2.45) is 0 Å². The van der Waals surface area contributed by atoms with Crippen LogP contribution in [0.1, 0.15) is 31.0 Å². The average Bonchev–Trinajstić information content (AvgIpc) is 3.01. The van der Waals surface area contributed by atoms with Gasteiger partial charge in [0.2, 0.25) is 5.91 Å². The lowest BCUT2D eigenvalue weighted by Gasteiger charge is -2.27. The largest absolute Gasteiger partial charge is 0.347 e. The van der Waals surface area contributed by atoms with Crippen LogP contribution in [0.3, 0.4) is 0 Å². The van der Waals surface area contributed by atoms with Crippen molar-refractivity contribution in [3.8, 4) is 0 Å². The van der Waals surface area contributed by atoms with Gasteiger partial charge in [-0.15, -0.1) is 11.8 Å². The van der Waals surface area contributed by atoms with E-state index in [1.165, 1.54) is 4.90 Å². The van der Waals surface area contributed by atoms with Crippen molar-refractivity contribution < 1.29 is 4.79 Å². The van der Waals surface area contributed by atoms with Crippen molar-refractivity contribution in [2.45, 2.75) is 30.3 Å². The van der Waals surface area contributed by atoms with Crippen molar-refractivity contribution >= 4 is 29.3 Å². The number of thioether (sulfide) groups is 1. The molecule has 2 heterocycles. The highest BCUT2D eigenvalue weighted by molar-refractivity contribution is 7.99. The predicted octanol–water partition coefficient (Wildman–Crippen LogP) is 3.45. The molecule has 21 heavy (non-hydrogen) atoms. The molecule has 0 unspecified atom stereocenters. The van der Waals surface area contributed by atoms with E-state index in [9.17, 15) is 4.79 Å². The minimum atomic E-state index is -0.322. The molecule has 1 aromatic heterocycles. The molecule has 1 N–H and O–H groups in total. The topological polar surface area (TPSA) is 46.9 Å². The van der Waals surface area contributed by atoms with E-state index in [0.29, 0.717) is 5.02 Å². The van der Waals surface area contributed by atoms with Crippen LogP contribution in [0.2, 0.25) is 5.02 Å². The molecule has 0 radical (unpaired) electrons. The molecule has 1 aliphatic rings. The van der Waals surface area contributed by atoms with E-state index >= 15 is 0 Å². The van der Waals surface area contributed by atoms with Crippen LogP contribution >= 0.6 is 23.4 Å². The van der Waals surface area contributed by atoms with Crippen molar-refractivity contribution in [3.63, 3.8) is 0 Å². The van der Waals surface area contributed by atoms with Crippen LogP contribution in [0, 0.1) is 0 Å². The van der Waals surface area contributed by atoms with E-state index in [4.69, 9.17) is 11.6 Å². The molecule has 0 saturated carbocycles. The smallest absolute Gasteiger partial charge is 0.245 e. The van der Waals surface area contributed by atoms with Gasteiger partial charge in [0.15, 0.2) is 0 Å². The summed E-state index contributed by atoms with van der Waals surface area (Å²) in [5, 5.41) is 7.94. The van der Waals surface area contributed by atoms with Crippen molar-refractivity contribution in [2.75, 3.05) is 5.75 Å². The zero-order chi connectivity index (χ0) is 14.8. The summed E-state index contributed by atoms with van der Waals surface area (Å²) in [7, 11) is 0. The quantitative estimate of drug-likeness (QED) is 0.942. The molecule has 1 amide bonds. The van der Waals surface area contributed by atoms with Gasteiger partial charge in [0.05, 0.1) is 6.04 Å². The van der Waals surface area contributed by atoms with Gasteiger partial charge in [0, 0.05) is 28.1 Å². The first-order valence-electron chi connectivity index (χ1n) is 6.87. The lowest BCUT2D eigenvalue weighted by Crippen LogP contribution is -2.35. The molecule has 110 valence electrons. The lowest BCUT2D eigenvalue weighted by atomic mass is 10.0. The zero-order valence-electron chi connectivity index (χ0n) is 11.6. The summed E-state index contributed by atoms with van der Waals surface area (Å²) >= 11 is 7.89. The molecule has 4 nitrogen and oxygen atoms in total. The number of hydrogen-bond acceptors (Lipinski definition) is 3. The van der Waals surface area contributed by atoms with E-state index in [2.05, 4.69) is 10.4 Å². The fraction of sp³-hybridized carbons (Fsp3) is 0.333. The number of carbonyl (C=O) groups is 1. The van der Waals surface area contributed by atoms with Gasteiger partial charge >= 0.3 is 0 Å². The van der Waals surface area contributed by atoms with Crippen LogP contribution in [-0.2, 0) is 4.79 Å². The van der Waals surface area contributed by atoms with Crippen LogP contribution in [0.25, 0.3) is 0 Å². The molecular weight excluding hydrogens is 306 g/mol. The fourth-order valence-corrected chi connectivity index (χ4v) is 3.72. The molecule has 0 aliphatic carbocycles. The van der Waals surface area contributed by atoms with Gasteiger partial charge in [0.25, 0.3) is 0 Å². The summed E-state index contributed by atoms with van der Waals surface area (Å²) < 4.78 is 1.66. The standard InChI is InChI=1S/C15H16ClN3OS/c1-10(19-7-2-6-17-19)15(20)18-13-5-8-21-14-4-3-11(16)9-12(13)14/h2-4,6-7,9-10,13H,5,8H2,1H3,(H,18,20)/t10-,13-/m1/s1. The van der Waals surface area contributed by atoms with Crippen molar-refractivity contribution in [3.05, 3.63) is 47.2 Å². The van der Waals surface area contributed by atoms with E-state index in [0.717, 1.165) is 17.7 Å². The number of halogens is 1. The number of aromatic nitrogens is 2. The van der Waals surface area contributed by atoms with Crippen LogP contribution in [0.15, 0.2) is 41.6 Å². The number of benzene rings is 1. The van der Waals surface area contributed by atoms with Gasteiger partial charge in [-0.25, -0.2) is 0 Å². The Kier molecular flexibility index (Phi) is 4.22. The number of nitrogens with one attached hydrogen (secondary N) is 1. The first kappa shape index (κ1) is 14.5. The third kappa shape index (κ3) is 3.09. The molecule has 0 fully saturated rings. The second-order valence-electron chi connectivity index (χ2n) is 5.04. The summed E-state index contributed by atoms with van der Waals surface area (Å²) in [6.07, 6.45) is 4.39. The summed E-state index contributed by atoms with van der Waals surface area (Å²) in [6.45, 7) is 1.85. The number of amides is 1. The van der Waals surface area contributed by atoms with Crippen molar-refractivity contribution in [1.29, 1.82) is 0 Å². The highest BCUT2D eigenvalue weighted by Crippen LogP contribution is 2.37. The summed E-state index contributed by atoms with van der Waals surface area (Å²) in [4.78, 5) is 13.6. The zero-order valence-corrected chi connectivity index (χ0v) is 13.2. The summed E-state index contributed by atoms with van der Waals surface area (Å²) in [5.41, 5.74) is 1.11. The van der Waals surface area contributed by atoms with Crippen LogP contribution in [0.4, 0.5) is 0 Å². The van der Waals surface area contributed by atoms with Crippen LogP contribution < -0.4 is 5.32 Å². The van der Waals surface area contributed by atoms with Crippen LogP contribution in [-0.4, -0.2) is 21.4 Å². The maximum Gasteiger partial charge on any atom is 0.245 e. The maximum atomic E-state index is 12.4. The molecule has 1 aromatic carbocycles. The van der Waals surface area contributed by atoms with Gasteiger partial charge in [-0.05, 0) is 43.2 Å². The van der Waals surface area contributed by atoms with E-state index in [-0.39, 0.29) is 18.0 Å². The minimum absolute atomic E-state index is 0.0189. The van der Waals surface area contributed by atoms with Gasteiger partial charge in [-0.1, -0.05) is 11.6 Å². The highest BCUT2D eigenvalue weighted by atomic mass is 35.5. The molecular formula is C15H16ClN3OS. The Morgan fingerprint density at radius 2 is 2.43 bits per heavy atom. The van der Waals surface area contributed by atoms with Gasteiger partial charge in [-0.3, -0.25) is 9.48 Å². The summed E-state index contributed by atoms with van der Waals surface area (Å²) in [6, 6.07) is 7.38. The fourth-order valence-electron chi connectivity index (χ4n) is 2.44. The summed E-state index contributed by atoms with van der Waals surface area (Å²) in [5.74, 6) is 0.969. The molecule has 0 bridgehead atoms. The Bertz CT molecular complexity index is 644. The Morgan fingerprint density at radius 3 is 3.19 bits per heavy atom. The number of carbonyl (C=O) groups excluding carboxylic acids is 1. The van der Waals surface area contributed by atoms with E-state index in [1.807, 2.05) is 31.2 Å². The highest BCUT2D eigenvalue weighted by Gasteiger charge is 2.25. The van der Waals surface area contributed by atoms with Crippen LogP contribution in [0.5, 0.6) is 0 Å². The molecule has 6 heteroatoms. The predicted molar refractivity (Wildman–Crippen MR) is 84.6 cm³/mol. The average molecular weight is 322 g/mol. The van der Waals surface area contributed by atoms with Gasteiger partial charge < -0.3 is 5.32 Å². The van der Waals surface area contributed by atoms with E-state index in [1.54, 1.807) is 28.8 Å². The van der Waals surface area contributed by atoms with E-state index < -0.39 is 0 Å². The normalized spacial score (nSPS) is 18.9. The van der Waals surface area contributed by atoms with Crippen molar-refractivity contribution in [1.82, 2.24) is 15.1 Å². The third-order valence-electron chi connectivity index (χ3n) is 3.63. The Balaban J connectivity index is 1.77. The molecule has 0 saturated heterocycles. The second kappa shape index (κ2) is 6.12. The Hall–Kier alpha value is -1.46. The number of fused-ring (bicyclic) bond motifs is 1. The molecule has 3 rings (SSSR count). The number of hydrogen-bond donors (Lipinski definition) is 1. The lowest BCUT2D eigenvalue weighted by molar-refractivity contribution is -0.125. The molecule has 2 atom stereocenters. The minimum Gasteiger partial charge on any atom is -0.347 e. The Morgan fingerprint density at radius 1 is 1.57 bits per heavy atom. The molecule has 1 aliphatic heterocycles. The number of rotatable bonds is 3. The van der Waals surface area contributed by atoms with Gasteiger partial charge in [0.1, 0.15) is 6.04 Å². The number of nitrogens with zero attached hydrogens (tertiary/aromatic N) is 2. The van der Waals surface area contributed by atoms with Gasteiger partial charge in [-0.2, -0.15) is 5.10 Å². The second-order valence-corrected chi connectivity index (χ2v) is 6.62. The first-order valence-corrected chi connectivity index (χ1v) is 8.23. The molecule has 2 aromatic rings. The SMILES string of the molecule is C[C@H](C(=O)N[C@@H]1CCSc2ccc(Cl)cc21)n1cccn1. The third-order valence-corrected chi connectivity index (χ3v) is 4.99. The first-order chi connectivity index (χ1) is 10.1. The Labute approximate surface area is 132 Å². The monoisotopic (exact) mass is 321 g/mol. The maximum absolute atomic E-state index is 12.4. The molecule has 0 spiro atoms.